The first-order valence-corrected chi connectivity index (χ1v) is 10.2. The van der Waals surface area contributed by atoms with Gasteiger partial charge in [0.25, 0.3) is 0 Å². The number of rotatable bonds is 2. The molecule has 0 atom stereocenters. The predicted octanol–water partition coefficient (Wildman–Crippen LogP) is 6.65. The van der Waals surface area contributed by atoms with E-state index in [2.05, 4.69) is 90.0 Å². The number of hydrogen-bond acceptors (Lipinski definition) is 1. The molecule has 146 valence electrons. The van der Waals surface area contributed by atoms with Crippen molar-refractivity contribution in [2.75, 3.05) is 7.11 Å². The Balaban J connectivity index is 1.89. The van der Waals surface area contributed by atoms with Gasteiger partial charge in [0, 0.05) is 46.7 Å². The molecular formula is C27H22N2O. The van der Waals surface area contributed by atoms with Gasteiger partial charge >= 0.3 is 0 Å². The van der Waals surface area contributed by atoms with E-state index in [0.29, 0.717) is 0 Å². The van der Waals surface area contributed by atoms with E-state index < -0.39 is 0 Å². The molecule has 30 heavy (non-hydrogen) atoms. The molecule has 2 aromatic heterocycles. The number of hydrogen-bond donors (Lipinski definition) is 0. The van der Waals surface area contributed by atoms with E-state index >= 15 is 0 Å². The topological polar surface area (TPSA) is 19.1 Å². The van der Waals surface area contributed by atoms with Crippen LogP contribution in [-0.4, -0.2) is 16.2 Å². The highest BCUT2D eigenvalue weighted by molar-refractivity contribution is 6.28. The molecule has 0 aliphatic heterocycles. The van der Waals surface area contributed by atoms with Gasteiger partial charge in [-0.05, 0) is 41.5 Å². The summed E-state index contributed by atoms with van der Waals surface area (Å²) in [6.45, 7) is 0. The highest BCUT2D eigenvalue weighted by Crippen LogP contribution is 2.43. The summed E-state index contributed by atoms with van der Waals surface area (Å²) >= 11 is 0. The van der Waals surface area contributed by atoms with Crippen molar-refractivity contribution < 1.29 is 4.74 Å². The average Bonchev–Trinajstić information content (AvgIpc) is 3.26. The number of fused-ring (bicyclic) bond motifs is 7. The summed E-state index contributed by atoms with van der Waals surface area (Å²) in [5, 5.41) is 5.21. The number of aryl methyl sites for hydroxylation is 2. The summed E-state index contributed by atoms with van der Waals surface area (Å²) in [5.41, 5.74) is 7.50. The quantitative estimate of drug-likeness (QED) is 0.324. The van der Waals surface area contributed by atoms with Crippen LogP contribution in [0.5, 0.6) is 5.75 Å². The van der Waals surface area contributed by atoms with Crippen molar-refractivity contribution in [3.63, 3.8) is 0 Å². The normalized spacial score (nSPS) is 11.8. The van der Waals surface area contributed by atoms with Crippen LogP contribution in [0.2, 0.25) is 0 Å². The molecule has 0 saturated heterocycles. The van der Waals surface area contributed by atoms with Gasteiger partial charge in [-0.15, -0.1) is 0 Å². The molecule has 0 saturated carbocycles. The van der Waals surface area contributed by atoms with Gasteiger partial charge < -0.3 is 13.9 Å². The molecule has 0 amide bonds. The van der Waals surface area contributed by atoms with Gasteiger partial charge in [-0.3, -0.25) is 0 Å². The summed E-state index contributed by atoms with van der Waals surface area (Å²) in [7, 11) is 6.06. The molecule has 0 aliphatic carbocycles. The first-order valence-electron chi connectivity index (χ1n) is 10.2. The lowest BCUT2D eigenvalue weighted by atomic mass is 9.96. The second-order valence-electron chi connectivity index (χ2n) is 7.92. The lowest BCUT2D eigenvalue weighted by Gasteiger charge is -2.10. The minimum atomic E-state index is 0.874. The smallest absolute Gasteiger partial charge is 0.118 e. The minimum Gasteiger partial charge on any atom is -0.497 e. The van der Waals surface area contributed by atoms with E-state index in [1.54, 1.807) is 7.11 Å². The van der Waals surface area contributed by atoms with Gasteiger partial charge in [0.15, 0.2) is 0 Å². The second-order valence-corrected chi connectivity index (χ2v) is 7.92. The Morgan fingerprint density at radius 2 is 1.23 bits per heavy atom. The fraction of sp³-hybridized carbons (Fsp3) is 0.111. The van der Waals surface area contributed by atoms with Crippen LogP contribution >= 0.6 is 0 Å². The Bertz CT molecular complexity index is 1580. The maximum absolute atomic E-state index is 5.39. The first kappa shape index (κ1) is 17.2. The van der Waals surface area contributed by atoms with Crippen molar-refractivity contribution in [1.82, 2.24) is 9.13 Å². The highest BCUT2D eigenvalue weighted by atomic mass is 16.5. The highest BCUT2D eigenvalue weighted by Gasteiger charge is 2.20. The van der Waals surface area contributed by atoms with E-state index in [9.17, 15) is 0 Å². The number of para-hydroxylation sites is 2. The van der Waals surface area contributed by atoms with Crippen LogP contribution in [0.3, 0.4) is 0 Å². The maximum Gasteiger partial charge on any atom is 0.118 e. The Morgan fingerprint density at radius 3 is 1.90 bits per heavy atom. The molecule has 0 unspecified atom stereocenters. The van der Waals surface area contributed by atoms with Crippen LogP contribution in [0.4, 0.5) is 0 Å². The van der Waals surface area contributed by atoms with Crippen molar-refractivity contribution >= 4 is 43.6 Å². The lowest BCUT2D eigenvalue weighted by molar-refractivity contribution is 0.415. The zero-order valence-corrected chi connectivity index (χ0v) is 17.3. The van der Waals surface area contributed by atoms with Crippen LogP contribution in [0, 0.1) is 0 Å². The van der Waals surface area contributed by atoms with Crippen molar-refractivity contribution in [3.8, 4) is 16.9 Å². The third-order valence-corrected chi connectivity index (χ3v) is 6.45. The number of ether oxygens (including phenoxy) is 1. The van der Waals surface area contributed by atoms with E-state index in [0.717, 1.165) is 5.75 Å². The SMILES string of the molecule is COc1ccc(-c2cc3c(c4ccccc4n3C)c3c2c2ccccc2n3C)cc1. The standard InChI is InChI=1S/C27H22N2O/c1-28-22-10-6-5-9-20(22)26-24(28)16-21(17-12-14-18(30-3)15-13-17)25-19-8-4-7-11-23(19)29(2)27(25)26/h4-16H,1-3H3. The third-order valence-electron chi connectivity index (χ3n) is 6.45. The van der Waals surface area contributed by atoms with E-state index in [1.165, 1.54) is 54.7 Å². The summed E-state index contributed by atoms with van der Waals surface area (Å²) in [5.74, 6) is 0.874. The first-order chi connectivity index (χ1) is 14.7. The second kappa shape index (κ2) is 6.14. The van der Waals surface area contributed by atoms with E-state index in [4.69, 9.17) is 4.74 Å². The maximum atomic E-state index is 5.39. The molecule has 2 heterocycles. The third kappa shape index (κ3) is 2.15. The molecule has 0 N–H and O–H groups in total. The summed E-state index contributed by atoms with van der Waals surface area (Å²) < 4.78 is 10.1. The molecule has 6 rings (SSSR count). The van der Waals surface area contributed by atoms with Crippen molar-refractivity contribution in [2.24, 2.45) is 14.1 Å². The van der Waals surface area contributed by atoms with Crippen LogP contribution in [0.1, 0.15) is 0 Å². The van der Waals surface area contributed by atoms with Gasteiger partial charge in [-0.25, -0.2) is 0 Å². The average molecular weight is 390 g/mol. The number of methoxy groups -OCH3 is 1. The predicted molar refractivity (Wildman–Crippen MR) is 126 cm³/mol. The molecular weight excluding hydrogens is 368 g/mol. The van der Waals surface area contributed by atoms with Crippen LogP contribution in [-0.2, 0) is 14.1 Å². The van der Waals surface area contributed by atoms with Gasteiger partial charge in [0.1, 0.15) is 5.75 Å². The van der Waals surface area contributed by atoms with Crippen molar-refractivity contribution in [1.29, 1.82) is 0 Å². The molecule has 0 radical (unpaired) electrons. The molecule has 0 fully saturated rings. The zero-order chi connectivity index (χ0) is 20.4. The fourth-order valence-electron chi connectivity index (χ4n) is 5.00. The van der Waals surface area contributed by atoms with Crippen molar-refractivity contribution in [3.05, 3.63) is 78.9 Å². The minimum absolute atomic E-state index is 0.874. The Hall–Kier alpha value is -3.72. The summed E-state index contributed by atoms with van der Waals surface area (Å²) in [4.78, 5) is 0. The van der Waals surface area contributed by atoms with Crippen LogP contribution in [0.25, 0.3) is 54.7 Å². The summed E-state index contributed by atoms with van der Waals surface area (Å²) in [6, 6.07) is 28.1. The molecule has 6 aromatic rings. The van der Waals surface area contributed by atoms with Crippen LogP contribution < -0.4 is 4.74 Å². The lowest BCUT2D eigenvalue weighted by Crippen LogP contribution is -1.91. The van der Waals surface area contributed by atoms with Gasteiger partial charge in [0.2, 0.25) is 0 Å². The number of benzene rings is 4. The van der Waals surface area contributed by atoms with E-state index in [-0.39, 0.29) is 0 Å². The number of nitrogens with zero attached hydrogens (tertiary/aromatic N) is 2. The molecule has 0 bridgehead atoms. The fourth-order valence-corrected chi connectivity index (χ4v) is 5.00. The van der Waals surface area contributed by atoms with Crippen LogP contribution in [0.15, 0.2) is 78.9 Å². The Kier molecular flexibility index (Phi) is 3.51. The molecule has 0 aliphatic rings. The molecule has 4 aromatic carbocycles. The Morgan fingerprint density at radius 1 is 0.633 bits per heavy atom. The molecule has 0 spiro atoms. The van der Waals surface area contributed by atoms with Gasteiger partial charge in [-0.1, -0.05) is 48.5 Å². The van der Waals surface area contributed by atoms with E-state index in [1.807, 2.05) is 12.1 Å². The van der Waals surface area contributed by atoms with Crippen molar-refractivity contribution in [2.45, 2.75) is 0 Å². The largest absolute Gasteiger partial charge is 0.497 e. The molecule has 3 nitrogen and oxygen atoms in total. The monoisotopic (exact) mass is 390 g/mol. The van der Waals surface area contributed by atoms with Gasteiger partial charge in [-0.2, -0.15) is 0 Å². The summed E-state index contributed by atoms with van der Waals surface area (Å²) in [6.07, 6.45) is 0. The Labute approximate surface area is 174 Å². The van der Waals surface area contributed by atoms with Gasteiger partial charge in [0.05, 0.1) is 18.1 Å². The zero-order valence-electron chi connectivity index (χ0n) is 17.3. The number of aromatic nitrogens is 2. The molecule has 3 heteroatoms.